The van der Waals surface area contributed by atoms with Gasteiger partial charge >= 0.3 is 0 Å². The number of carbonyl (C=O) groups is 1. The Balaban J connectivity index is 1.50. The molecule has 21 heteroatoms. The van der Waals surface area contributed by atoms with Gasteiger partial charge in [0.15, 0.2) is 25.2 Å². The van der Waals surface area contributed by atoms with Crippen LogP contribution in [0.3, 0.4) is 0 Å². The molecular formula is C26H45NO20. The van der Waals surface area contributed by atoms with Crippen LogP contribution in [-0.4, -0.2) is 210 Å². The second-order valence-electron chi connectivity index (χ2n) is 11.8. The first-order valence-electron chi connectivity index (χ1n) is 15.0. The van der Waals surface area contributed by atoms with Crippen molar-refractivity contribution in [2.45, 2.75) is 130 Å². The first-order chi connectivity index (χ1) is 22.2. The van der Waals surface area contributed by atoms with Gasteiger partial charge in [-0.15, -0.1) is 0 Å². The van der Waals surface area contributed by atoms with Gasteiger partial charge in [-0.05, 0) is 0 Å². The zero-order chi connectivity index (χ0) is 34.7. The predicted molar refractivity (Wildman–Crippen MR) is 144 cm³/mol. The molecule has 0 aromatic heterocycles. The fourth-order valence-electron chi connectivity index (χ4n) is 5.78. The van der Waals surface area contributed by atoms with Crippen LogP contribution in [0.1, 0.15) is 13.3 Å². The normalized spacial score (nSPS) is 49.4. The fourth-order valence-corrected chi connectivity index (χ4v) is 5.78. The molecule has 4 heterocycles. The van der Waals surface area contributed by atoms with Crippen LogP contribution in [0.4, 0.5) is 0 Å². The van der Waals surface area contributed by atoms with Gasteiger partial charge < -0.3 is 99.8 Å². The number of amides is 1. The Kier molecular flexibility index (Phi) is 13.6. The minimum atomic E-state index is -2.00. The first kappa shape index (κ1) is 38.5. The standard InChI is InChI=1S/C26H45NO20/c1-7(31)27-14-18(36)15(33)11(4-29)45-25(14)43-9-2-8(32)10(3-28)44-24(9)47-22-17(35)13(42-23(40)21(22)39)6-41-26-20(38)19(37)16(34)12(5-30)46-26/h8-26,28-30,32-40H,2-6H2,1H3,(H,27,31)/t8-,9-,10+,11+,12+,13+,14+,15+,16+,17+,18+,19-,20-,21-,22-,23+,24+,25+,26-/m0/s1. The highest BCUT2D eigenvalue weighted by Crippen LogP contribution is 2.33. The lowest BCUT2D eigenvalue weighted by Crippen LogP contribution is -2.66. The van der Waals surface area contributed by atoms with E-state index >= 15 is 0 Å². The molecule has 0 spiro atoms. The summed E-state index contributed by atoms with van der Waals surface area (Å²) in [4.78, 5) is 11.8. The highest BCUT2D eigenvalue weighted by atomic mass is 16.8. The number of hydrogen-bond donors (Lipinski definition) is 13. The van der Waals surface area contributed by atoms with Gasteiger partial charge in [0.1, 0.15) is 85.4 Å². The molecule has 4 aliphatic heterocycles. The molecule has 0 aliphatic carbocycles. The summed E-state index contributed by atoms with van der Waals surface area (Å²) in [5.74, 6) is -0.645. The van der Waals surface area contributed by atoms with E-state index in [0.29, 0.717) is 0 Å². The van der Waals surface area contributed by atoms with Gasteiger partial charge in [-0.3, -0.25) is 4.79 Å². The Hall–Kier alpha value is -1.29. The number of rotatable bonds is 11. The topological polar surface area (TPSA) is 336 Å². The van der Waals surface area contributed by atoms with Gasteiger partial charge in [-0.25, -0.2) is 0 Å². The van der Waals surface area contributed by atoms with Gasteiger partial charge in [0.2, 0.25) is 5.91 Å². The number of aliphatic hydroxyl groups is 12. The highest BCUT2D eigenvalue weighted by Gasteiger charge is 2.52. The zero-order valence-electron chi connectivity index (χ0n) is 25.1. The molecule has 0 radical (unpaired) electrons. The third kappa shape index (κ3) is 8.54. The summed E-state index contributed by atoms with van der Waals surface area (Å²) in [5, 5.41) is 125. The van der Waals surface area contributed by atoms with Crippen molar-refractivity contribution in [1.82, 2.24) is 5.32 Å². The molecule has 47 heavy (non-hydrogen) atoms. The SMILES string of the molecule is CC(=O)N[C@H]1[C@H](O[C@H]2C[C@H](O)[C@@H](CO)O[C@@H]2O[C@@H]2[C@H](O)[C@H](O)O[C@H](CO[C@H]3O[C@H](CO)[C@@H](O)[C@H](O)[C@@H]3O)[C@H]2O)O[C@H](CO)[C@@H](O)[C@@H]1O. The summed E-state index contributed by atoms with van der Waals surface area (Å²) in [6.07, 6.45) is -29.4. The minimum absolute atomic E-state index is 0.341. The van der Waals surface area contributed by atoms with Crippen LogP contribution in [0, 0.1) is 0 Å². The van der Waals surface area contributed by atoms with Crippen LogP contribution in [0.25, 0.3) is 0 Å². The molecule has 0 aromatic rings. The van der Waals surface area contributed by atoms with E-state index < -0.39 is 149 Å². The summed E-state index contributed by atoms with van der Waals surface area (Å²) in [5.41, 5.74) is 0. The van der Waals surface area contributed by atoms with Crippen LogP contribution < -0.4 is 5.32 Å². The number of hydrogen-bond acceptors (Lipinski definition) is 20. The quantitative estimate of drug-likeness (QED) is 0.0956. The van der Waals surface area contributed by atoms with Gasteiger partial charge in [0.25, 0.3) is 0 Å². The Morgan fingerprint density at radius 1 is 0.638 bits per heavy atom. The molecule has 274 valence electrons. The maximum absolute atomic E-state index is 11.8. The minimum Gasteiger partial charge on any atom is -0.394 e. The number of ether oxygens (including phenoxy) is 7. The van der Waals surface area contributed by atoms with Crippen LogP contribution in [0.15, 0.2) is 0 Å². The molecule has 4 fully saturated rings. The van der Waals surface area contributed by atoms with E-state index in [-0.39, 0.29) is 6.42 Å². The molecule has 0 saturated carbocycles. The van der Waals surface area contributed by atoms with Crippen LogP contribution in [0.2, 0.25) is 0 Å². The van der Waals surface area contributed by atoms with E-state index in [0.717, 1.165) is 6.92 Å². The smallest absolute Gasteiger partial charge is 0.217 e. The monoisotopic (exact) mass is 691 g/mol. The van der Waals surface area contributed by atoms with Crippen LogP contribution in [0.5, 0.6) is 0 Å². The molecule has 4 rings (SSSR count). The van der Waals surface area contributed by atoms with Gasteiger partial charge in [-0.2, -0.15) is 0 Å². The van der Waals surface area contributed by atoms with E-state index in [1.165, 1.54) is 0 Å². The zero-order valence-corrected chi connectivity index (χ0v) is 25.1. The summed E-state index contributed by atoms with van der Waals surface area (Å²) >= 11 is 0. The lowest BCUT2D eigenvalue weighted by atomic mass is 9.96. The lowest BCUT2D eigenvalue weighted by molar-refractivity contribution is -0.370. The second kappa shape index (κ2) is 16.6. The van der Waals surface area contributed by atoms with E-state index in [1.807, 2.05) is 0 Å². The Labute approximate surface area is 267 Å². The van der Waals surface area contributed by atoms with Crippen molar-refractivity contribution >= 4 is 5.91 Å². The maximum Gasteiger partial charge on any atom is 0.217 e. The maximum atomic E-state index is 11.8. The van der Waals surface area contributed by atoms with Crippen LogP contribution in [-0.2, 0) is 38.0 Å². The van der Waals surface area contributed by atoms with Crippen molar-refractivity contribution in [1.29, 1.82) is 0 Å². The second-order valence-corrected chi connectivity index (χ2v) is 11.8. The van der Waals surface area contributed by atoms with E-state index in [4.69, 9.17) is 33.2 Å². The van der Waals surface area contributed by atoms with Crippen molar-refractivity contribution in [2.24, 2.45) is 0 Å². The van der Waals surface area contributed by atoms with Crippen molar-refractivity contribution in [2.75, 3.05) is 26.4 Å². The average molecular weight is 692 g/mol. The first-order valence-corrected chi connectivity index (χ1v) is 15.0. The molecule has 4 aliphatic rings. The molecule has 0 unspecified atom stereocenters. The third-order valence-corrected chi connectivity index (χ3v) is 8.48. The lowest BCUT2D eigenvalue weighted by Gasteiger charge is -2.47. The average Bonchev–Trinajstić information content (AvgIpc) is 3.04. The summed E-state index contributed by atoms with van der Waals surface area (Å²) in [6, 6.07) is -1.40. The fraction of sp³-hybridized carbons (Fsp3) is 0.962. The van der Waals surface area contributed by atoms with Crippen molar-refractivity contribution < 1.29 is 99.2 Å². The number of nitrogens with one attached hydrogen (secondary N) is 1. The predicted octanol–water partition coefficient (Wildman–Crippen LogP) is -8.58. The van der Waals surface area contributed by atoms with Gasteiger partial charge in [0, 0.05) is 13.3 Å². The molecule has 13 N–H and O–H groups in total. The number of carbonyl (C=O) groups excluding carboxylic acids is 1. The van der Waals surface area contributed by atoms with Crippen molar-refractivity contribution in [3.05, 3.63) is 0 Å². The molecule has 21 nitrogen and oxygen atoms in total. The Bertz CT molecular complexity index is 996. The van der Waals surface area contributed by atoms with Crippen LogP contribution >= 0.6 is 0 Å². The van der Waals surface area contributed by atoms with Gasteiger partial charge in [-0.1, -0.05) is 0 Å². The molecule has 1 amide bonds. The van der Waals surface area contributed by atoms with E-state index in [1.54, 1.807) is 0 Å². The van der Waals surface area contributed by atoms with E-state index in [2.05, 4.69) is 5.32 Å². The summed E-state index contributed by atoms with van der Waals surface area (Å²) < 4.78 is 38.9. The largest absolute Gasteiger partial charge is 0.394 e. The molecule has 4 saturated heterocycles. The number of aliphatic hydroxyl groups excluding tert-OH is 12. The molecule has 0 bridgehead atoms. The van der Waals surface area contributed by atoms with Crippen molar-refractivity contribution in [3.8, 4) is 0 Å². The highest BCUT2D eigenvalue weighted by molar-refractivity contribution is 5.73. The molecule has 0 aromatic carbocycles. The summed E-state index contributed by atoms with van der Waals surface area (Å²) in [7, 11) is 0. The Morgan fingerprint density at radius 2 is 1.21 bits per heavy atom. The third-order valence-electron chi connectivity index (χ3n) is 8.48. The van der Waals surface area contributed by atoms with Gasteiger partial charge in [0.05, 0.1) is 32.5 Å². The Morgan fingerprint density at radius 3 is 1.81 bits per heavy atom. The molecular weight excluding hydrogens is 646 g/mol. The van der Waals surface area contributed by atoms with E-state index in [9.17, 15) is 66.1 Å². The summed E-state index contributed by atoms with van der Waals surface area (Å²) in [6.45, 7) is -1.74. The van der Waals surface area contributed by atoms with Crippen molar-refractivity contribution in [3.63, 3.8) is 0 Å². The molecule has 19 atom stereocenters.